The van der Waals surface area contributed by atoms with Gasteiger partial charge in [-0.25, -0.2) is 9.10 Å². The van der Waals surface area contributed by atoms with Crippen LogP contribution in [-0.4, -0.2) is 24.2 Å². The Hall–Kier alpha value is -2.58. The van der Waals surface area contributed by atoms with E-state index in [1.165, 1.54) is 26.2 Å². The van der Waals surface area contributed by atoms with Gasteiger partial charge in [0.1, 0.15) is 16.5 Å². The van der Waals surface area contributed by atoms with E-state index in [0.717, 1.165) is 4.31 Å². The maximum Gasteiger partial charge on any atom is 0.336 e. The van der Waals surface area contributed by atoms with Gasteiger partial charge in [-0.05, 0) is 24.3 Å². The zero-order valence-corrected chi connectivity index (χ0v) is 15.1. The Morgan fingerprint density at radius 2 is 1.72 bits per heavy atom. The van der Waals surface area contributed by atoms with Crippen molar-refractivity contribution in [3.05, 3.63) is 41.4 Å². The predicted molar refractivity (Wildman–Crippen MR) is 101 cm³/mol. The number of anilines is 3. The van der Waals surface area contributed by atoms with Crippen molar-refractivity contribution >= 4 is 53.4 Å². The summed E-state index contributed by atoms with van der Waals surface area (Å²) < 4.78 is 5.99. The second-order valence-electron chi connectivity index (χ2n) is 4.98. The first-order valence-electron chi connectivity index (χ1n) is 7.06. The first-order valence-corrected chi connectivity index (χ1v) is 7.83. The topological polar surface area (TPSA) is 90.9 Å². The molecule has 0 unspecified atom stereocenters. The highest BCUT2D eigenvalue weighted by Gasteiger charge is 2.19. The van der Waals surface area contributed by atoms with Crippen LogP contribution in [0, 0.1) is 0 Å². The fourth-order valence-corrected chi connectivity index (χ4v) is 2.54. The highest BCUT2D eigenvalue weighted by Crippen LogP contribution is 2.39. The number of nitrogens with zero attached hydrogens (tertiary/aromatic N) is 1. The van der Waals surface area contributed by atoms with Gasteiger partial charge in [0.05, 0.1) is 12.8 Å². The molecule has 0 saturated heterocycles. The van der Waals surface area contributed by atoms with Crippen LogP contribution in [0.3, 0.4) is 0 Å². The summed E-state index contributed by atoms with van der Waals surface area (Å²) >= 11 is 10.3. The molecule has 9 heteroatoms. The molecular formula is C16H16ClN3O4S. The first kappa shape index (κ1) is 18.8. The van der Waals surface area contributed by atoms with Gasteiger partial charge in [-0.1, -0.05) is 24.4 Å². The molecular weight excluding hydrogens is 366 g/mol. The van der Waals surface area contributed by atoms with Gasteiger partial charge in [-0.3, -0.25) is 4.79 Å². The van der Waals surface area contributed by atoms with Gasteiger partial charge < -0.3 is 20.5 Å². The highest BCUT2D eigenvalue weighted by atomic mass is 35.5. The van der Waals surface area contributed by atoms with Crippen molar-refractivity contribution in [2.24, 2.45) is 0 Å². The van der Waals surface area contributed by atoms with Crippen LogP contribution in [-0.2, 0) is 4.79 Å². The van der Waals surface area contributed by atoms with Crippen molar-refractivity contribution < 1.29 is 19.4 Å². The lowest BCUT2D eigenvalue weighted by Gasteiger charge is -2.19. The molecule has 0 radical (unpaired) electrons. The Labute approximate surface area is 155 Å². The van der Waals surface area contributed by atoms with Gasteiger partial charge in [-0.15, -0.1) is 0 Å². The molecule has 0 spiro atoms. The number of aromatic hydroxyl groups is 1. The van der Waals surface area contributed by atoms with Crippen LogP contribution in [0.2, 0.25) is 5.02 Å². The molecule has 3 amide bonds. The average molecular weight is 382 g/mol. The number of halogens is 1. The Balaban J connectivity index is 2.15. The Morgan fingerprint density at radius 1 is 1.16 bits per heavy atom. The van der Waals surface area contributed by atoms with Crippen LogP contribution < -0.4 is 19.7 Å². The molecule has 7 nitrogen and oxygen atoms in total. The fraction of sp³-hybridized carbons (Fsp3) is 0.125. The number of thiol groups is 1. The minimum atomic E-state index is -0.592. The lowest BCUT2D eigenvalue weighted by Crippen LogP contribution is -2.27. The van der Waals surface area contributed by atoms with E-state index in [4.69, 9.17) is 16.3 Å². The number of phenolic OH excluding ortho intramolecular Hbond substituents is 1. The van der Waals surface area contributed by atoms with Crippen LogP contribution in [0.15, 0.2) is 36.4 Å². The molecule has 0 atom stereocenters. The molecule has 2 rings (SSSR count). The van der Waals surface area contributed by atoms with E-state index in [2.05, 4.69) is 23.4 Å². The van der Waals surface area contributed by atoms with Crippen molar-refractivity contribution in [1.29, 1.82) is 0 Å². The fourth-order valence-electron chi connectivity index (χ4n) is 2.00. The minimum absolute atomic E-state index is 0.122. The third-order valence-corrected chi connectivity index (χ3v) is 3.88. The lowest BCUT2D eigenvalue weighted by atomic mass is 10.2. The van der Waals surface area contributed by atoms with E-state index in [9.17, 15) is 14.7 Å². The summed E-state index contributed by atoms with van der Waals surface area (Å²) in [6, 6.07) is 8.55. The van der Waals surface area contributed by atoms with Crippen LogP contribution >= 0.6 is 24.4 Å². The summed E-state index contributed by atoms with van der Waals surface area (Å²) in [6.07, 6.45) is 0. The molecule has 3 N–H and O–H groups in total. The number of phenols is 1. The summed E-state index contributed by atoms with van der Waals surface area (Å²) in [5.74, 6) is -0.100. The number of nitrogens with one attached hydrogen (secondary N) is 2. The van der Waals surface area contributed by atoms with Crippen molar-refractivity contribution in [1.82, 2.24) is 0 Å². The molecule has 0 fully saturated rings. The van der Waals surface area contributed by atoms with Gasteiger partial charge in [0.2, 0.25) is 5.91 Å². The molecule has 132 valence electrons. The van der Waals surface area contributed by atoms with E-state index in [1.807, 2.05) is 0 Å². The second kappa shape index (κ2) is 8.00. The number of carbonyl (C=O) groups is 2. The lowest BCUT2D eigenvalue weighted by molar-refractivity contribution is -0.114. The van der Waals surface area contributed by atoms with Crippen molar-refractivity contribution in [3.8, 4) is 11.5 Å². The van der Waals surface area contributed by atoms with E-state index in [-0.39, 0.29) is 28.1 Å². The summed E-state index contributed by atoms with van der Waals surface area (Å²) in [7, 11) is 1.39. The quantitative estimate of drug-likeness (QED) is 0.604. The molecule has 25 heavy (non-hydrogen) atoms. The van der Waals surface area contributed by atoms with Gasteiger partial charge in [0.25, 0.3) is 0 Å². The molecule has 2 aromatic carbocycles. The van der Waals surface area contributed by atoms with Gasteiger partial charge in [0.15, 0.2) is 0 Å². The zero-order valence-electron chi connectivity index (χ0n) is 13.4. The second-order valence-corrected chi connectivity index (χ2v) is 5.76. The van der Waals surface area contributed by atoms with E-state index in [0.29, 0.717) is 11.4 Å². The average Bonchev–Trinajstić information content (AvgIpc) is 2.57. The molecule has 0 aliphatic heterocycles. The number of carbonyl (C=O) groups excluding carboxylic acids is 2. The third-order valence-electron chi connectivity index (χ3n) is 3.10. The molecule has 0 saturated carbocycles. The molecule has 0 aromatic heterocycles. The summed E-state index contributed by atoms with van der Waals surface area (Å²) in [5.41, 5.74) is 1.25. The first-order chi connectivity index (χ1) is 11.8. The van der Waals surface area contributed by atoms with Gasteiger partial charge in [0, 0.05) is 30.4 Å². The predicted octanol–water partition coefficient (Wildman–Crippen LogP) is 3.90. The number of amides is 3. The van der Waals surface area contributed by atoms with E-state index < -0.39 is 6.03 Å². The largest absolute Gasteiger partial charge is 0.508 e. The van der Waals surface area contributed by atoms with Crippen LogP contribution in [0.4, 0.5) is 21.9 Å². The monoisotopic (exact) mass is 381 g/mol. The zero-order chi connectivity index (χ0) is 18.6. The summed E-state index contributed by atoms with van der Waals surface area (Å²) in [5, 5.41) is 15.1. The third kappa shape index (κ3) is 4.71. The van der Waals surface area contributed by atoms with Crippen molar-refractivity contribution in [2.75, 3.05) is 22.0 Å². The Bertz CT molecular complexity index is 799. The summed E-state index contributed by atoms with van der Waals surface area (Å²) in [6.45, 7) is 1.40. The molecule has 0 bridgehead atoms. The van der Waals surface area contributed by atoms with Gasteiger partial charge in [-0.2, -0.15) is 0 Å². The van der Waals surface area contributed by atoms with Crippen LogP contribution in [0.1, 0.15) is 6.92 Å². The SMILES string of the molecule is COc1cc(O)cc(N(S)C(=O)Nc2ccc(NC(C)=O)cc2)c1Cl. The normalized spacial score (nSPS) is 10.1. The number of benzene rings is 2. The number of methoxy groups -OCH3 is 1. The molecule has 0 aliphatic rings. The maximum absolute atomic E-state index is 12.3. The molecule has 0 aliphatic carbocycles. The molecule has 2 aromatic rings. The number of rotatable bonds is 4. The van der Waals surface area contributed by atoms with Crippen LogP contribution in [0.5, 0.6) is 11.5 Å². The molecule has 0 heterocycles. The van der Waals surface area contributed by atoms with E-state index in [1.54, 1.807) is 24.3 Å². The Kier molecular flexibility index (Phi) is 6.00. The highest BCUT2D eigenvalue weighted by molar-refractivity contribution is 7.82. The van der Waals surface area contributed by atoms with Gasteiger partial charge >= 0.3 is 6.03 Å². The number of hydrogen-bond donors (Lipinski definition) is 4. The number of urea groups is 1. The Morgan fingerprint density at radius 3 is 2.24 bits per heavy atom. The van der Waals surface area contributed by atoms with Crippen LogP contribution in [0.25, 0.3) is 0 Å². The minimum Gasteiger partial charge on any atom is -0.508 e. The number of hydrogen-bond acceptors (Lipinski definition) is 5. The standard InChI is InChI=1S/C16H16ClN3O4S/c1-9(21)18-10-3-5-11(6-4-10)19-16(23)20(25)13-7-12(22)8-14(24-2)15(13)17/h3-8,22,25H,1-2H3,(H,18,21)(H,19,23). The maximum atomic E-state index is 12.3. The van der Waals surface area contributed by atoms with Crippen molar-refractivity contribution in [2.45, 2.75) is 6.92 Å². The van der Waals surface area contributed by atoms with E-state index >= 15 is 0 Å². The smallest absolute Gasteiger partial charge is 0.336 e. The number of ether oxygens (including phenoxy) is 1. The summed E-state index contributed by atoms with van der Waals surface area (Å²) in [4.78, 5) is 23.3. The van der Waals surface area contributed by atoms with Crippen molar-refractivity contribution in [3.63, 3.8) is 0 Å².